The normalized spacial score (nSPS) is 10.8. The average Bonchev–Trinajstić information content (AvgIpc) is 2.80. The largest absolute Gasteiger partial charge is 0.497 e. The van der Waals surface area contributed by atoms with Crippen molar-refractivity contribution in [3.63, 3.8) is 0 Å². The number of ether oxygens (including phenoxy) is 1. The standard InChI is InChI=1S/C15H21N3O2S/c1-4-17(5-2)14(19)8-9-18-13-10-11(20-3)6-7-12(13)16-15(18)21/h6-7,10H,4-5,8-9H2,1-3H3,(H,16,21). The van der Waals surface area contributed by atoms with Crippen molar-refractivity contribution in [1.82, 2.24) is 14.5 Å². The number of benzene rings is 1. The van der Waals surface area contributed by atoms with Gasteiger partial charge in [0, 0.05) is 32.1 Å². The van der Waals surface area contributed by atoms with Gasteiger partial charge in [0.25, 0.3) is 0 Å². The van der Waals surface area contributed by atoms with Crippen LogP contribution in [0.25, 0.3) is 11.0 Å². The maximum absolute atomic E-state index is 12.1. The van der Waals surface area contributed by atoms with Crippen molar-refractivity contribution in [3.05, 3.63) is 23.0 Å². The van der Waals surface area contributed by atoms with Crippen LogP contribution in [0, 0.1) is 4.77 Å². The minimum atomic E-state index is 0.152. The van der Waals surface area contributed by atoms with Crippen LogP contribution < -0.4 is 4.74 Å². The number of methoxy groups -OCH3 is 1. The van der Waals surface area contributed by atoms with Crippen LogP contribution in [0.1, 0.15) is 20.3 Å². The Labute approximate surface area is 129 Å². The summed E-state index contributed by atoms with van der Waals surface area (Å²) in [5, 5.41) is 0. The Kier molecular flexibility index (Phi) is 5.01. The monoisotopic (exact) mass is 307 g/mol. The molecular formula is C15H21N3O2S. The number of aromatic amines is 1. The van der Waals surface area contributed by atoms with Gasteiger partial charge < -0.3 is 19.2 Å². The molecule has 1 aromatic heterocycles. The summed E-state index contributed by atoms with van der Waals surface area (Å²) in [5.41, 5.74) is 1.92. The Morgan fingerprint density at radius 2 is 2.10 bits per heavy atom. The molecule has 114 valence electrons. The van der Waals surface area contributed by atoms with E-state index in [0.717, 1.165) is 29.9 Å². The van der Waals surface area contributed by atoms with E-state index < -0.39 is 0 Å². The first-order valence-electron chi connectivity index (χ1n) is 7.15. The molecule has 21 heavy (non-hydrogen) atoms. The third-order valence-electron chi connectivity index (χ3n) is 3.65. The lowest BCUT2D eigenvalue weighted by Crippen LogP contribution is -2.31. The lowest BCUT2D eigenvalue weighted by atomic mass is 10.3. The van der Waals surface area contributed by atoms with E-state index in [1.807, 2.05) is 41.5 Å². The first-order valence-corrected chi connectivity index (χ1v) is 7.55. The van der Waals surface area contributed by atoms with Crippen LogP contribution >= 0.6 is 12.2 Å². The molecule has 1 heterocycles. The number of nitrogens with zero attached hydrogens (tertiary/aromatic N) is 2. The first-order chi connectivity index (χ1) is 10.1. The lowest BCUT2D eigenvalue weighted by molar-refractivity contribution is -0.131. The van der Waals surface area contributed by atoms with E-state index in [4.69, 9.17) is 17.0 Å². The highest BCUT2D eigenvalue weighted by molar-refractivity contribution is 7.71. The Bertz CT molecular complexity index is 686. The summed E-state index contributed by atoms with van der Waals surface area (Å²) >= 11 is 5.35. The second-order valence-corrected chi connectivity index (χ2v) is 5.17. The Hall–Kier alpha value is -1.82. The van der Waals surface area contributed by atoms with E-state index in [0.29, 0.717) is 17.7 Å². The summed E-state index contributed by atoms with van der Waals surface area (Å²) < 4.78 is 7.83. The van der Waals surface area contributed by atoms with E-state index in [2.05, 4.69) is 4.98 Å². The molecule has 1 amide bonds. The van der Waals surface area contributed by atoms with Crippen LogP contribution in [0.5, 0.6) is 5.75 Å². The molecule has 0 aliphatic heterocycles. The molecule has 0 unspecified atom stereocenters. The Morgan fingerprint density at radius 1 is 1.38 bits per heavy atom. The van der Waals surface area contributed by atoms with Crippen molar-refractivity contribution in [2.75, 3.05) is 20.2 Å². The quantitative estimate of drug-likeness (QED) is 0.835. The smallest absolute Gasteiger partial charge is 0.224 e. The molecule has 6 heteroatoms. The van der Waals surface area contributed by atoms with Gasteiger partial charge in [-0.05, 0) is 38.2 Å². The van der Waals surface area contributed by atoms with Crippen LogP contribution in [0.3, 0.4) is 0 Å². The van der Waals surface area contributed by atoms with Crippen molar-refractivity contribution in [2.45, 2.75) is 26.8 Å². The van der Waals surface area contributed by atoms with E-state index in [1.165, 1.54) is 0 Å². The number of H-pyrrole nitrogens is 1. The van der Waals surface area contributed by atoms with Gasteiger partial charge in [-0.3, -0.25) is 4.79 Å². The van der Waals surface area contributed by atoms with Crippen LogP contribution in [0.2, 0.25) is 0 Å². The van der Waals surface area contributed by atoms with Gasteiger partial charge in [0.05, 0.1) is 18.1 Å². The van der Waals surface area contributed by atoms with Gasteiger partial charge in [-0.1, -0.05) is 0 Å². The lowest BCUT2D eigenvalue weighted by Gasteiger charge is -2.18. The molecule has 2 aromatic rings. The second-order valence-electron chi connectivity index (χ2n) is 4.78. The summed E-state index contributed by atoms with van der Waals surface area (Å²) in [7, 11) is 1.64. The molecule has 0 aliphatic carbocycles. The van der Waals surface area contributed by atoms with Crippen LogP contribution in [0.15, 0.2) is 18.2 Å². The number of hydrogen-bond acceptors (Lipinski definition) is 3. The highest BCUT2D eigenvalue weighted by Crippen LogP contribution is 2.21. The van der Waals surface area contributed by atoms with Crippen molar-refractivity contribution in [3.8, 4) is 5.75 Å². The molecule has 1 N–H and O–H groups in total. The van der Waals surface area contributed by atoms with E-state index in [-0.39, 0.29) is 5.91 Å². The minimum absolute atomic E-state index is 0.152. The number of carbonyl (C=O) groups is 1. The van der Waals surface area contributed by atoms with Crippen LogP contribution in [-0.2, 0) is 11.3 Å². The number of carbonyl (C=O) groups excluding carboxylic acids is 1. The Balaban J connectivity index is 2.23. The minimum Gasteiger partial charge on any atom is -0.497 e. The molecular weight excluding hydrogens is 286 g/mol. The fourth-order valence-corrected chi connectivity index (χ4v) is 2.72. The maximum Gasteiger partial charge on any atom is 0.224 e. The van der Waals surface area contributed by atoms with Gasteiger partial charge in [0.1, 0.15) is 5.75 Å². The molecule has 1 aromatic carbocycles. The number of amides is 1. The van der Waals surface area contributed by atoms with E-state index >= 15 is 0 Å². The van der Waals surface area contributed by atoms with Gasteiger partial charge in [-0.2, -0.15) is 0 Å². The number of aryl methyl sites for hydroxylation is 1. The molecule has 5 nitrogen and oxygen atoms in total. The van der Waals surface area contributed by atoms with E-state index in [1.54, 1.807) is 7.11 Å². The number of hydrogen-bond donors (Lipinski definition) is 1. The molecule has 0 radical (unpaired) electrons. The summed E-state index contributed by atoms with van der Waals surface area (Å²) in [6.07, 6.45) is 0.445. The van der Waals surface area contributed by atoms with Crippen molar-refractivity contribution < 1.29 is 9.53 Å². The zero-order valence-electron chi connectivity index (χ0n) is 12.7. The first kappa shape index (κ1) is 15.6. The number of rotatable bonds is 6. The molecule has 2 rings (SSSR count). The van der Waals surface area contributed by atoms with Gasteiger partial charge in [0.2, 0.25) is 5.91 Å². The molecule has 0 saturated heterocycles. The SMILES string of the molecule is CCN(CC)C(=O)CCn1c(=S)[nH]c2ccc(OC)cc21. The van der Waals surface area contributed by atoms with Crippen molar-refractivity contribution in [1.29, 1.82) is 0 Å². The zero-order chi connectivity index (χ0) is 15.4. The van der Waals surface area contributed by atoms with Gasteiger partial charge in [0.15, 0.2) is 4.77 Å². The van der Waals surface area contributed by atoms with Gasteiger partial charge in [-0.25, -0.2) is 0 Å². The predicted octanol–water partition coefficient (Wildman–Crippen LogP) is 2.97. The summed E-state index contributed by atoms with van der Waals surface area (Å²) in [6, 6.07) is 5.76. The van der Waals surface area contributed by atoms with Gasteiger partial charge >= 0.3 is 0 Å². The molecule has 0 bridgehead atoms. The Morgan fingerprint density at radius 3 is 2.71 bits per heavy atom. The van der Waals surface area contributed by atoms with Gasteiger partial charge in [-0.15, -0.1) is 0 Å². The molecule has 0 spiro atoms. The number of nitrogens with one attached hydrogen (secondary N) is 1. The van der Waals surface area contributed by atoms with Crippen LogP contribution in [0.4, 0.5) is 0 Å². The number of aromatic nitrogens is 2. The highest BCUT2D eigenvalue weighted by atomic mass is 32.1. The van der Waals surface area contributed by atoms with E-state index in [9.17, 15) is 4.79 Å². The molecule has 0 fully saturated rings. The maximum atomic E-state index is 12.1. The highest BCUT2D eigenvalue weighted by Gasteiger charge is 2.11. The van der Waals surface area contributed by atoms with Crippen LogP contribution in [-0.4, -0.2) is 40.6 Å². The molecule has 0 saturated carbocycles. The topological polar surface area (TPSA) is 50.3 Å². The average molecular weight is 307 g/mol. The van der Waals surface area contributed by atoms with Crippen molar-refractivity contribution >= 4 is 29.2 Å². The summed E-state index contributed by atoms with van der Waals surface area (Å²) in [5.74, 6) is 0.930. The van der Waals surface area contributed by atoms with Crippen molar-refractivity contribution in [2.24, 2.45) is 0 Å². The number of fused-ring (bicyclic) bond motifs is 1. The zero-order valence-corrected chi connectivity index (χ0v) is 13.5. The second kappa shape index (κ2) is 6.76. The third kappa shape index (κ3) is 3.26. The molecule has 0 atom stereocenters. The predicted molar refractivity (Wildman–Crippen MR) is 86.2 cm³/mol. The fourth-order valence-electron chi connectivity index (χ4n) is 2.42. The summed E-state index contributed by atoms with van der Waals surface area (Å²) in [4.78, 5) is 17.1. The summed E-state index contributed by atoms with van der Waals surface area (Å²) in [6.45, 7) is 6.03. The molecule has 0 aliphatic rings. The number of imidazole rings is 1. The fraction of sp³-hybridized carbons (Fsp3) is 0.467. The third-order valence-corrected chi connectivity index (χ3v) is 3.97.